The van der Waals surface area contributed by atoms with Crippen molar-refractivity contribution < 1.29 is 4.79 Å². The molecule has 1 heterocycles. The van der Waals surface area contributed by atoms with Crippen LogP contribution < -0.4 is 11.1 Å². The topological polar surface area (TPSA) is 68.0 Å². The molecule has 3 aromatic rings. The molecule has 0 saturated heterocycles. The van der Waals surface area contributed by atoms with Gasteiger partial charge in [0.05, 0.1) is 0 Å². The molecular weight excluding hydrogens is 262 g/mol. The Morgan fingerprint density at radius 3 is 2.81 bits per heavy atom. The molecule has 0 atom stereocenters. The molecule has 3 N–H and O–H groups in total. The highest BCUT2D eigenvalue weighted by Crippen LogP contribution is 2.27. The molecule has 2 aromatic carbocycles. The van der Waals surface area contributed by atoms with Crippen molar-refractivity contribution in [1.82, 2.24) is 4.98 Å². The summed E-state index contributed by atoms with van der Waals surface area (Å²) in [5, 5.41) is 5.47. The molecule has 0 aliphatic rings. The Bertz CT molecular complexity index is 822. The fraction of sp³-hybridized carbons (Fsp3) is 0.0588. The maximum absolute atomic E-state index is 11.4. The maximum atomic E-state index is 11.4. The molecule has 0 saturated carbocycles. The summed E-state index contributed by atoms with van der Waals surface area (Å²) in [5.41, 5.74) is 8.73. The summed E-state index contributed by atoms with van der Waals surface area (Å²) in [6.07, 6.45) is 3.59. The Kier molecular flexibility index (Phi) is 3.28. The first-order chi connectivity index (χ1) is 10.1. The third-order valence-corrected chi connectivity index (χ3v) is 3.39. The number of Topliss-reactive ketones (excluding diaryl/α,β-unsaturated/α-hetero) is 1. The molecular formula is C17H15N3O. The zero-order chi connectivity index (χ0) is 14.8. The third kappa shape index (κ3) is 2.56. The minimum absolute atomic E-state index is 0.0339. The molecule has 0 unspecified atom stereocenters. The van der Waals surface area contributed by atoms with Gasteiger partial charge in [0.15, 0.2) is 5.78 Å². The van der Waals surface area contributed by atoms with Crippen LogP contribution in [-0.4, -0.2) is 10.8 Å². The SMILES string of the molecule is CC(=O)c1ccc(Nc2cccc3ccncc23)cc1N. The number of ketones is 1. The van der Waals surface area contributed by atoms with Crippen molar-refractivity contribution in [1.29, 1.82) is 0 Å². The van der Waals surface area contributed by atoms with Gasteiger partial charge in [-0.25, -0.2) is 0 Å². The van der Waals surface area contributed by atoms with Gasteiger partial charge in [-0.1, -0.05) is 12.1 Å². The van der Waals surface area contributed by atoms with Crippen LogP contribution in [0.15, 0.2) is 54.9 Å². The van der Waals surface area contributed by atoms with E-state index in [9.17, 15) is 4.79 Å². The lowest BCUT2D eigenvalue weighted by atomic mass is 10.1. The highest BCUT2D eigenvalue weighted by molar-refractivity contribution is 6.00. The van der Waals surface area contributed by atoms with Gasteiger partial charge in [0.2, 0.25) is 0 Å². The number of rotatable bonds is 3. The van der Waals surface area contributed by atoms with Gasteiger partial charge in [0.1, 0.15) is 0 Å². The van der Waals surface area contributed by atoms with Crippen molar-refractivity contribution in [2.24, 2.45) is 0 Å². The second-order valence-corrected chi connectivity index (χ2v) is 4.89. The van der Waals surface area contributed by atoms with E-state index in [-0.39, 0.29) is 5.78 Å². The number of nitrogens with one attached hydrogen (secondary N) is 1. The molecule has 104 valence electrons. The lowest BCUT2D eigenvalue weighted by Crippen LogP contribution is -2.01. The van der Waals surface area contributed by atoms with Crippen LogP contribution in [0.5, 0.6) is 0 Å². The van der Waals surface area contributed by atoms with E-state index in [0.29, 0.717) is 11.3 Å². The molecule has 4 nitrogen and oxygen atoms in total. The normalized spacial score (nSPS) is 10.5. The lowest BCUT2D eigenvalue weighted by Gasteiger charge is -2.11. The van der Waals surface area contributed by atoms with Crippen molar-refractivity contribution in [3.05, 3.63) is 60.4 Å². The number of pyridine rings is 1. The second kappa shape index (κ2) is 5.25. The van der Waals surface area contributed by atoms with Gasteiger partial charge in [0, 0.05) is 40.4 Å². The molecule has 0 radical (unpaired) electrons. The molecule has 3 rings (SSSR count). The Labute approximate surface area is 122 Å². The number of carbonyl (C=O) groups excluding carboxylic acids is 1. The van der Waals surface area contributed by atoms with Crippen molar-refractivity contribution in [2.45, 2.75) is 6.92 Å². The Balaban J connectivity index is 1.99. The number of hydrogen-bond acceptors (Lipinski definition) is 4. The molecule has 0 spiro atoms. The molecule has 4 heteroatoms. The molecule has 1 aromatic heterocycles. The van der Waals surface area contributed by atoms with E-state index in [1.807, 2.05) is 36.5 Å². The number of nitrogens with two attached hydrogens (primary N) is 1. The molecule has 21 heavy (non-hydrogen) atoms. The quantitative estimate of drug-likeness (QED) is 0.565. The fourth-order valence-corrected chi connectivity index (χ4v) is 2.34. The third-order valence-electron chi connectivity index (χ3n) is 3.39. The number of nitrogen functional groups attached to an aromatic ring is 1. The Morgan fingerprint density at radius 2 is 2.05 bits per heavy atom. The van der Waals surface area contributed by atoms with E-state index in [4.69, 9.17) is 5.73 Å². The number of benzene rings is 2. The van der Waals surface area contributed by atoms with E-state index in [1.54, 1.807) is 18.3 Å². The van der Waals surface area contributed by atoms with Gasteiger partial charge in [-0.3, -0.25) is 9.78 Å². The van der Waals surface area contributed by atoms with Gasteiger partial charge in [-0.2, -0.15) is 0 Å². The van der Waals surface area contributed by atoms with E-state index in [1.165, 1.54) is 6.92 Å². The van der Waals surface area contributed by atoms with Gasteiger partial charge in [0.25, 0.3) is 0 Å². The standard InChI is InChI=1S/C17H15N3O/c1-11(21)14-6-5-13(9-16(14)18)20-17-4-2-3-12-7-8-19-10-15(12)17/h2-10,20H,18H2,1H3. The van der Waals surface area contributed by atoms with Crippen LogP contribution in [0.1, 0.15) is 17.3 Å². The summed E-state index contributed by atoms with van der Waals surface area (Å²) in [6, 6.07) is 13.3. The van der Waals surface area contributed by atoms with Crippen molar-refractivity contribution in [3.63, 3.8) is 0 Å². The number of nitrogens with zero attached hydrogens (tertiary/aromatic N) is 1. The first kappa shape index (κ1) is 13.1. The molecule has 0 bridgehead atoms. The smallest absolute Gasteiger partial charge is 0.161 e. The first-order valence-electron chi connectivity index (χ1n) is 6.65. The predicted molar refractivity (Wildman–Crippen MR) is 85.9 cm³/mol. The number of hydrogen-bond donors (Lipinski definition) is 2. The van der Waals surface area contributed by atoms with Gasteiger partial charge < -0.3 is 11.1 Å². The largest absolute Gasteiger partial charge is 0.398 e. The van der Waals surface area contributed by atoms with Crippen LogP contribution in [0, 0.1) is 0 Å². The lowest BCUT2D eigenvalue weighted by molar-refractivity contribution is 0.101. The van der Waals surface area contributed by atoms with Crippen molar-refractivity contribution in [2.75, 3.05) is 11.1 Å². The van der Waals surface area contributed by atoms with Crippen molar-refractivity contribution in [3.8, 4) is 0 Å². The minimum atomic E-state index is -0.0339. The number of anilines is 3. The zero-order valence-electron chi connectivity index (χ0n) is 11.6. The summed E-state index contributed by atoms with van der Waals surface area (Å²) >= 11 is 0. The maximum Gasteiger partial charge on any atom is 0.161 e. The monoisotopic (exact) mass is 277 g/mol. The number of fused-ring (bicyclic) bond motifs is 1. The summed E-state index contributed by atoms with van der Waals surface area (Å²) in [5.74, 6) is -0.0339. The average molecular weight is 277 g/mol. The number of aromatic nitrogens is 1. The predicted octanol–water partition coefficient (Wildman–Crippen LogP) is 3.76. The van der Waals surface area contributed by atoms with E-state index >= 15 is 0 Å². The van der Waals surface area contributed by atoms with Crippen LogP contribution >= 0.6 is 0 Å². The Morgan fingerprint density at radius 1 is 1.19 bits per heavy atom. The first-order valence-corrected chi connectivity index (χ1v) is 6.65. The number of carbonyl (C=O) groups is 1. The van der Waals surface area contributed by atoms with E-state index in [2.05, 4.69) is 10.3 Å². The zero-order valence-corrected chi connectivity index (χ0v) is 11.6. The van der Waals surface area contributed by atoms with Crippen LogP contribution in [-0.2, 0) is 0 Å². The summed E-state index contributed by atoms with van der Waals surface area (Å²) < 4.78 is 0. The van der Waals surface area contributed by atoms with E-state index < -0.39 is 0 Å². The van der Waals surface area contributed by atoms with Crippen LogP contribution in [0.4, 0.5) is 17.1 Å². The van der Waals surface area contributed by atoms with Gasteiger partial charge in [-0.15, -0.1) is 0 Å². The van der Waals surface area contributed by atoms with Crippen LogP contribution in [0.25, 0.3) is 10.8 Å². The molecule has 0 fully saturated rings. The van der Waals surface area contributed by atoms with Crippen LogP contribution in [0.2, 0.25) is 0 Å². The second-order valence-electron chi connectivity index (χ2n) is 4.89. The Hall–Kier alpha value is -2.88. The van der Waals surface area contributed by atoms with Gasteiger partial charge >= 0.3 is 0 Å². The highest BCUT2D eigenvalue weighted by atomic mass is 16.1. The summed E-state index contributed by atoms with van der Waals surface area (Å²) in [7, 11) is 0. The highest BCUT2D eigenvalue weighted by Gasteiger charge is 2.06. The minimum Gasteiger partial charge on any atom is -0.398 e. The van der Waals surface area contributed by atoms with Crippen LogP contribution in [0.3, 0.4) is 0 Å². The van der Waals surface area contributed by atoms with Gasteiger partial charge in [-0.05, 0) is 42.6 Å². The van der Waals surface area contributed by atoms with Crippen molar-refractivity contribution >= 4 is 33.6 Å². The summed E-state index contributed by atoms with van der Waals surface area (Å²) in [4.78, 5) is 15.6. The molecule has 0 aliphatic heterocycles. The van der Waals surface area contributed by atoms with E-state index in [0.717, 1.165) is 22.1 Å². The fourth-order valence-electron chi connectivity index (χ4n) is 2.34. The molecule has 0 aliphatic carbocycles. The summed E-state index contributed by atoms with van der Waals surface area (Å²) in [6.45, 7) is 1.51. The molecule has 0 amide bonds. The average Bonchev–Trinajstić information content (AvgIpc) is 2.47.